The summed E-state index contributed by atoms with van der Waals surface area (Å²) in [5.41, 5.74) is 0. The van der Waals surface area contributed by atoms with E-state index >= 15 is 0 Å². The number of carbonyl (C=O) groups is 2. The Morgan fingerprint density at radius 2 is 1.05 bits per heavy atom. The summed E-state index contributed by atoms with van der Waals surface area (Å²) in [5, 5.41) is 40.0. The van der Waals surface area contributed by atoms with E-state index in [1.165, 1.54) is 0 Å². The quantitative estimate of drug-likeness (QED) is 0.0214. The van der Waals surface area contributed by atoms with Crippen LogP contribution < -0.4 is 0 Å². The lowest BCUT2D eigenvalue weighted by molar-refractivity contribution is -0.305. The van der Waals surface area contributed by atoms with E-state index in [0.29, 0.717) is 12.8 Å². The van der Waals surface area contributed by atoms with Crippen molar-refractivity contribution in [3.8, 4) is 0 Å². The van der Waals surface area contributed by atoms with Gasteiger partial charge in [0.1, 0.15) is 31.0 Å². The van der Waals surface area contributed by atoms with Gasteiger partial charge in [-0.05, 0) is 77.0 Å². The number of hydrogen-bond acceptors (Lipinski definition) is 10. The second-order valence-corrected chi connectivity index (χ2v) is 14.4. The lowest BCUT2D eigenvalue weighted by Gasteiger charge is -2.39. The second-order valence-electron chi connectivity index (χ2n) is 14.4. The van der Waals surface area contributed by atoms with Crippen LogP contribution in [0.3, 0.4) is 0 Å². The Morgan fingerprint density at radius 1 is 0.552 bits per heavy atom. The average molecular weight is 813 g/mol. The molecule has 1 aliphatic heterocycles. The van der Waals surface area contributed by atoms with Gasteiger partial charge in [-0.3, -0.25) is 9.59 Å². The van der Waals surface area contributed by atoms with Crippen molar-refractivity contribution in [3.05, 3.63) is 97.2 Å². The van der Waals surface area contributed by atoms with Gasteiger partial charge in [0.2, 0.25) is 0 Å². The number of allylic oxidation sites excluding steroid dienone is 16. The maximum atomic E-state index is 12.7. The molecule has 1 saturated heterocycles. The summed E-state index contributed by atoms with van der Waals surface area (Å²) in [6.45, 7) is 3.10. The summed E-state index contributed by atoms with van der Waals surface area (Å²) in [4.78, 5) is 25.3. The molecule has 0 aromatic rings. The van der Waals surface area contributed by atoms with Gasteiger partial charge in [0.25, 0.3) is 0 Å². The van der Waals surface area contributed by atoms with Crippen molar-refractivity contribution < 1.29 is 49.0 Å². The summed E-state index contributed by atoms with van der Waals surface area (Å²) >= 11 is 0. The number of rotatable bonds is 34. The van der Waals surface area contributed by atoms with Crippen molar-refractivity contribution in [2.75, 3.05) is 19.8 Å². The zero-order valence-corrected chi connectivity index (χ0v) is 35.5. The molecule has 0 saturated carbocycles. The summed E-state index contributed by atoms with van der Waals surface area (Å²) < 4.78 is 22.1. The number of aliphatic hydroxyl groups is 4. The predicted octanol–water partition coefficient (Wildman–Crippen LogP) is 9.16. The Hall–Kier alpha value is -3.38. The highest BCUT2D eigenvalue weighted by Gasteiger charge is 2.44. The van der Waals surface area contributed by atoms with Gasteiger partial charge in [-0.15, -0.1) is 0 Å². The smallest absolute Gasteiger partial charge is 0.306 e. The third-order valence-corrected chi connectivity index (χ3v) is 9.28. The number of ether oxygens (including phenoxy) is 4. The third kappa shape index (κ3) is 28.9. The van der Waals surface area contributed by atoms with Crippen molar-refractivity contribution in [2.24, 2.45) is 0 Å². The van der Waals surface area contributed by atoms with Gasteiger partial charge < -0.3 is 39.4 Å². The predicted molar refractivity (Wildman–Crippen MR) is 233 cm³/mol. The van der Waals surface area contributed by atoms with E-state index in [1.54, 1.807) is 0 Å². The Morgan fingerprint density at radius 3 is 1.64 bits per heavy atom. The maximum Gasteiger partial charge on any atom is 0.306 e. The standard InChI is InChI=1S/C48H76O10/c1-3-5-7-9-11-13-15-17-18-19-20-21-22-23-25-26-28-30-32-34-36-43(50)55-39-41(40-56-48-47(54)46(53)45(52)42(38-49)58-48)57-44(51)37-35-33-31-29-27-24-16-14-12-10-8-6-4-2/h5-8,10-14,16-18,20-21,23,25,41-42,45-49,52-54H,3-4,9,15,19,22,24,26-40H2,1-2H3/b7-5+,8-6+,12-10+,13-11+,16-14+,18-17+,21-20+,25-23+/t41?,42-,45+,46?,47?,48-/m0/s1. The van der Waals surface area contributed by atoms with Crippen LogP contribution in [0.25, 0.3) is 0 Å². The number of aliphatic hydroxyl groups excluding tert-OH is 4. The van der Waals surface area contributed by atoms with E-state index in [4.69, 9.17) is 18.9 Å². The van der Waals surface area contributed by atoms with Crippen LogP contribution >= 0.6 is 0 Å². The van der Waals surface area contributed by atoms with Gasteiger partial charge in [-0.1, -0.05) is 143 Å². The zero-order chi connectivity index (χ0) is 42.3. The summed E-state index contributed by atoms with van der Waals surface area (Å²) in [5.74, 6) is -0.872. The van der Waals surface area contributed by atoms with Crippen LogP contribution in [0.4, 0.5) is 0 Å². The molecular formula is C48H76O10. The van der Waals surface area contributed by atoms with E-state index in [1.807, 2.05) is 18.2 Å². The van der Waals surface area contributed by atoms with Crippen molar-refractivity contribution >= 4 is 11.9 Å². The molecule has 58 heavy (non-hydrogen) atoms. The highest BCUT2D eigenvalue weighted by Crippen LogP contribution is 2.22. The largest absolute Gasteiger partial charge is 0.462 e. The molecule has 3 unspecified atom stereocenters. The molecule has 10 nitrogen and oxygen atoms in total. The number of carbonyl (C=O) groups excluding carboxylic acids is 2. The number of unbranched alkanes of at least 4 members (excludes halogenated alkanes) is 9. The topological polar surface area (TPSA) is 152 Å². The minimum absolute atomic E-state index is 0.195. The van der Waals surface area contributed by atoms with Gasteiger partial charge in [0.15, 0.2) is 12.4 Å². The molecule has 10 heteroatoms. The molecule has 0 radical (unpaired) electrons. The van der Waals surface area contributed by atoms with Crippen LogP contribution in [-0.2, 0) is 28.5 Å². The van der Waals surface area contributed by atoms with Crippen molar-refractivity contribution in [3.63, 3.8) is 0 Å². The molecule has 0 bridgehead atoms. The summed E-state index contributed by atoms with van der Waals surface area (Å²) in [6, 6.07) is 0. The highest BCUT2D eigenvalue weighted by atomic mass is 16.7. The van der Waals surface area contributed by atoms with Crippen molar-refractivity contribution in [1.82, 2.24) is 0 Å². The molecule has 0 aliphatic carbocycles. The van der Waals surface area contributed by atoms with Gasteiger partial charge in [-0.2, -0.15) is 0 Å². The van der Waals surface area contributed by atoms with E-state index < -0.39 is 55.4 Å². The lowest BCUT2D eigenvalue weighted by Crippen LogP contribution is -2.59. The van der Waals surface area contributed by atoms with Crippen LogP contribution in [0.15, 0.2) is 97.2 Å². The van der Waals surface area contributed by atoms with Gasteiger partial charge in [0.05, 0.1) is 13.2 Å². The SMILES string of the molecule is CC/C=C/C=C/C=C/CCCCCCCC(=O)OC(COC(=O)CCCCCC/C=C/C/C=C/C/C=C/C/C=C/C/C=C/CC)CO[C@H]1O[C@@H](CO)[C@@H](O)C(O)C1O. The van der Waals surface area contributed by atoms with Crippen molar-refractivity contribution in [2.45, 2.75) is 173 Å². The lowest BCUT2D eigenvalue weighted by atomic mass is 9.99. The average Bonchev–Trinajstić information content (AvgIpc) is 3.22. The fourth-order valence-electron chi connectivity index (χ4n) is 5.86. The zero-order valence-electron chi connectivity index (χ0n) is 35.5. The molecule has 0 aromatic heterocycles. The minimum atomic E-state index is -1.61. The third-order valence-electron chi connectivity index (χ3n) is 9.28. The van der Waals surface area contributed by atoms with E-state index in [-0.39, 0.29) is 26.1 Å². The fraction of sp³-hybridized carbons (Fsp3) is 0.625. The molecule has 1 fully saturated rings. The van der Waals surface area contributed by atoms with Crippen LogP contribution in [0.5, 0.6) is 0 Å². The first-order chi connectivity index (χ1) is 28.3. The van der Waals surface area contributed by atoms with E-state index in [9.17, 15) is 30.0 Å². The molecular weight excluding hydrogens is 737 g/mol. The number of hydrogen-bond donors (Lipinski definition) is 4. The summed E-state index contributed by atoms with van der Waals surface area (Å²) in [7, 11) is 0. The highest BCUT2D eigenvalue weighted by molar-refractivity contribution is 5.70. The molecule has 328 valence electrons. The molecule has 4 N–H and O–H groups in total. The van der Waals surface area contributed by atoms with Crippen LogP contribution in [0.2, 0.25) is 0 Å². The van der Waals surface area contributed by atoms with Gasteiger partial charge in [0, 0.05) is 12.8 Å². The Labute approximate surface area is 349 Å². The molecule has 1 aliphatic rings. The molecule has 1 heterocycles. The van der Waals surface area contributed by atoms with E-state index in [2.05, 4.69) is 92.8 Å². The molecule has 0 spiro atoms. The monoisotopic (exact) mass is 813 g/mol. The molecule has 6 atom stereocenters. The fourth-order valence-corrected chi connectivity index (χ4v) is 5.86. The summed E-state index contributed by atoms with van der Waals surface area (Å²) in [6.07, 6.45) is 42.7. The first kappa shape index (κ1) is 52.6. The first-order valence-corrected chi connectivity index (χ1v) is 21.8. The molecule has 1 rings (SSSR count). The second kappa shape index (κ2) is 37.9. The Kier molecular flexibility index (Phi) is 34.4. The molecule has 0 amide bonds. The molecule has 0 aromatic carbocycles. The van der Waals surface area contributed by atoms with Gasteiger partial charge >= 0.3 is 11.9 Å². The van der Waals surface area contributed by atoms with Crippen molar-refractivity contribution in [1.29, 1.82) is 0 Å². The van der Waals surface area contributed by atoms with Crippen LogP contribution in [0, 0.1) is 0 Å². The minimum Gasteiger partial charge on any atom is -0.462 e. The van der Waals surface area contributed by atoms with E-state index in [0.717, 1.165) is 96.3 Å². The van der Waals surface area contributed by atoms with Crippen LogP contribution in [0.1, 0.15) is 136 Å². The maximum absolute atomic E-state index is 12.7. The van der Waals surface area contributed by atoms with Crippen LogP contribution in [-0.4, -0.2) is 89.0 Å². The normalized spacial score (nSPS) is 21.1. The first-order valence-electron chi connectivity index (χ1n) is 21.8. The van der Waals surface area contributed by atoms with Gasteiger partial charge in [-0.25, -0.2) is 0 Å². The Balaban J connectivity index is 2.37. The Bertz CT molecular complexity index is 1260. The number of esters is 2.